The Morgan fingerprint density at radius 3 is 2.88 bits per heavy atom. The van der Waals surface area contributed by atoms with Gasteiger partial charge in [-0.1, -0.05) is 17.7 Å². The SMILES string of the molecule is CN1CCN(c2cccc(Cl)c2)C(=O)C1CN. The van der Waals surface area contributed by atoms with Gasteiger partial charge < -0.3 is 10.6 Å². The smallest absolute Gasteiger partial charge is 0.245 e. The summed E-state index contributed by atoms with van der Waals surface area (Å²) in [6.07, 6.45) is 0. The minimum absolute atomic E-state index is 0.0449. The van der Waals surface area contributed by atoms with Crippen LogP contribution in [0.15, 0.2) is 24.3 Å². The minimum atomic E-state index is -0.234. The molecule has 0 bridgehead atoms. The van der Waals surface area contributed by atoms with Gasteiger partial charge in [0.05, 0.1) is 0 Å². The molecule has 1 aromatic rings. The van der Waals surface area contributed by atoms with Crippen LogP contribution >= 0.6 is 11.6 Å². The molecule has 1 saturated heterocycles. The van der Waals surface area contributed by atoms with E-state index in [-0.39, 0.29) is 11.9 Å². The van der Waals surface area contributed by atoms with Gasteiger partial charge in [-0.2, -0.15) is 0 Å². The number of benzene rings is 1. The van der Waals surface area contributed by atoms with E-state index in [1.165, 1.54) is 0 Å². The fourth-order valence-corrected chi connectivity index (χ4v) is 2.26. The average molecular weight is 254 g/mol. The lowest BCUT2D eigenvalue weighted by Crippen LogP contribution is -2.58. The van der Waals surface area contributed by atoms with E-state index in [1.54, 1.807) is 17.0 Å². The van der Waals surface area contributed by atoms with Crippen molar-refractivity contribution >= 4 is 23.2 Å². The molecule has 0 aliphatic carbocycles. The predicted octanol–water partition coefficient (Wildman–Crippen LogP) is 0.946. The Kier molecular flexibility index (Phi) is 3.66. The van der Waals surface area contributed by atoms with E-state index in [1.807, 2.05) is 24.1 Å². The van der Waals surface area contributed by atoms with Gasteiger partial charge in [0.15, 0.2) is 0 Å². The molecule has 1 unspecified atom stereocenters. The van der Waals surface area contributed by atoms with Crippen molar-refractivity contribution in [3.05, 3.63) is 29.3 Å². The van der Waals surface area contributed by atoms with Gasteiger partial charge >= 0.3 is 0 Å². The number of likely N-dealkylation sites (N-methyl/N-ethyl adjacent to an activating group) is 1. The van der Waals surface area contributed by atoms with E-state index in [0.717, 1.165) is 12.2 Å². The zero-order valence-electron chi connectivity index (χ0n) is 9.77. The normalized spacial score (nSPS) is 21.9. The summed E-state index contributed by atoms with van der Waals surface area (Å²) in [6.45, 7) is 1.83. The molecule has 2 N–H and O–H groups in total. The number of halogens is 1. The lowest BCUT2D eigenvalue weighted by molar-refractivity contribution is -0.124. The second-order valence-electron chi connectivity index (χ2n) is 4.20. The van der Waals surface area contributed by atoms with Crippen LogP contribution in [0.5, 0.6) is 0 Å². The van der Waals surface area contributed by atoms with Crippen LogP contribution in [0, 0.1) is 0 Å². The number of hydrogen-bond donors (Lipinski definition) is 1. The third-order valence-electron chi connectivity index (χ3n) is 3.10. The van der Waals surface area contributed by atoms with Gasteiger partial charge in [-0.3, -0.25) is 9.69 Å². The Bertz CT molecular complexity index is 424. The summed E-state index contributed by atoms with van der Waals surface area (Å²) in [4.78, 5) is 16.0. The van der Waals surface area contributed by atoms with Crippen molar-refractivity contribution in [1.29, 1.82) is 0 Å². The van der Waals surface area contributed by atoms with Crippen molar-refractivity contribution in [2.24, 2.45) is 5.73 Å². The fourth-order valence-electron chi connectivity index (χ4n) is 2.07. The number of amides is 1. The van der Waals surface area contributed by atoms with Crippen LogP contribution in [-0.2, 0) is 4.79 Å². The predicted molar refractivity (Wildman–Crippen MR) is 69.3 cm³/mol. The maximum atomic E-state index is 12.2. The molecule has 1 heterocycles. The van der Waals surface area contributed by atoms with Crippen molar-refractivity contribution in [3.8, 4) is 0 Å². The molecule has 1 aliphatic heterocycles. The number of piperazine rings is 1. The molecule has 0 radical (unpaired) electrons. The molecule has 4 nitrogen and oxygen atoms in total. The third-order valence-corrected chi connectivity index (χ3v) is 3.34. The van der Waals surface area contributed by atoms with Crippen LogP contribution in [0.25, 0.3) is 0 Å². The number of carbonyl (C=O) groups is 1. The summed E-state index contributed by atoms with van der Waals surface area (Å²) in [5.41, 5.74) is 6.48. The van der Waals surface area contributed by atoms with Gasteiger partial charge in [0, 0.05) is 30.3 Å². The molecular formula is C12H16ClN3O. The summed E-state index contributed by atoms with van der Waals surface area (Å²) in [5, 5.41) is 0.638. The van der Waals surface area contributed by atoms with Gasteiger partial charge in [0.2, 0.25) is 5.91 Å². The van der Waals surface area contributed by atoms with Gasteiger partial charge in [-0.05, 0) is 25.2 Å². The zero-order chi connectivity index (χ0) is 12.4. The van der Waals surface area contributed by atoms with Crippen molar-refractivity contribution in [2.45, 2.75) is 6.04 Å². The number of carbonyl (C=O) groups excluding carboxylic acids is 1. The van der Waals surface area contributed by atoms with Gasteiger partial charge in [0.1, 0.15) is 6.04 Å². The molecule has 17 heavy (non-hydrogen) atoms. The highest BCUT2D eigenvalue weighted by atomic mass is 35.5. The summed E-state index contributed by atoms with van der Waals surface area (Å²) in [7, 11) is 1.92. The third kappa shape index (κ3) is 2.44. The molecule has 92 valence electrons. The molecule has 0 aromatic heterocycles. The molecule has 1 aromatic carbocycles. The first kappa shape index (κ1) is 12.4. The quantitative estimate of drug-likeness (QED) is 0.854. The number of anilines is 1. The van der Waals surface area contributed by atoms with Crippen LogP contribution in [0.4, 0.5) is 5.69 Å². The van der Waals surface area contributed by atoms with E-state index >= 15 is 0 Å². The highest BCUT2D eigenvalue weighted by Gasteiger charge is 2.32. The Balaban J connectivity index is 2.25. The number of hydrogen-bond acceptors (Lipinski definition) is 3. The number of rotatable bonds is 2. The van der Waals surface area contributed by atoms with E-state index < -0.39 is 0 Å². The molecular weight excluding hydrogens is 238 g/mol. The van der Waals surface area contributed by atoms with Crippen LogP contribution in [0.1, 0.15) is 0 Å². The molecule has 1 atom stereocenters. The fraction of sp³-hybridized carbons (Fsp3) is 0.417. The Morgan fingerprint density at radius 2 is 2.24 bits per heavy atom. The lowest BCUT2D eigenvalue weighted by Gasteiger charge is -2.38. The zero-order valence-corrected chi connectivity index (χ0v) is 10.5. The summed E-state index contributed by atoms with van der Waals surface area (Å²) >= 11 is 5.94. The number of nitrogens with two attached hydrogens (primary N) is 1. The second kappa shape index (κ2) is 5.04. The maximum Gasteiger partial charge on any atom is 0.245 e. The number of nitrogens with zero attached hydrogens (tertiary/aromatic N) is 2. The Hall–Kier alpha value is -1.10. The second-order valence-corrected chi connectivity index (χ2v) is 4.64. The summed E-state index contributed by atoms with van der Waals surface area (Å²) in [6, 6.07) is 7.11. The minimum Gasteiger partial charge on any atom is -0.328 e. The van der Waals surface area contributed by atoms with Crippen molar-refractivity contribution in [1.82, 2.24) is 4.90 Å². The molecule has 0 saturated carbocycles. The monoisotopic (exact) mass is 253 g/mol. The average Bonchev–Trinajstić information content (AvgIpc) is 2.29. The lowest BCUT2D eigenvalue weighted by atomic mass is 10.1. The molecule has 1 amide bonds. The van der Waals surface area contributed by atoms with E-state index in [2.05, 4.69) is 0 Å². The molecule has 5 heteroatoms. The Morgan fingerprint density at radius 1 is 1.47 bits per heavy atom. The van der Waals surface area contributed by atoms with Gasteiger partial charge in [-0.15, -0.1) is 0 Å². The maximum absolute atomic E-state index is 12.2. The standard InChI is InChI=1S/C12H16ClN3O/c1-15-5-6-16(12(17)11(15)8-14)10-4-2-3-9(13)7-10/h2-4,7,11H,5-6,8,14H2,1H3. The van der Waals surface area contributed by atoms with E-state index in [4.69, 9.17) is 17.3 Å². The molecule has 2 rings (SSSR count). The van der Waals surface area contributed by atoms with E-state index in [9.17, 15) is 4.79 Å². The highest BCUT2D eigenvalue weighted by molar-refractivity contribution is 6.30. The first-order valence-electron chi connectivity index (χ1n) is 5.60. The van der Waals surface area contributed by atoms with Crippen LogP contribution in [0.2, 0.25) is 5.02 Å². The van der Waals surface area contributed by atoms with Crippen LogP contribution < -0.4 is 10.6 Å². The largest absolute Gasteiger partial charge is 0.328 e. The van der Waals surface area contributed by atoms with Crippen molar-refractivity contribution in [2.75, 3.05) is 31.6 Å². The molecule has 0 spiro atoms. The first-order chi connectivity index (χ1) is 8.13. The van der Waals surface area contributed by atoms with Crippen molar-refractivity contribution in [3.63, 3.8) is 0 Å². The van der Waals surface area contributed by atoms with Crippen molar-refractivity contribution < 1.29 is 4.79 Å². The topological polar surface area (TPSA) is 49.6 Å². The summed E-state index contributed by atoms with van der Waals surface area (Å²) < 4.78 is 0. The van der Waals surface area contributed by atoms with Gasteiger partial charge in [-0.25, -0.2) is 0 Å². The summed E-state index contributed by atoms with van der Waals surface area (Å²) in [5.74, 6) is 0.0449. The highest BCUT2D eigenvalue weighted by Crippen LogP contribution is 2.22. The van der Waals surface area contributed by atoms with Gasteiger partial charge in [0.25, 0.3) is 0 Å². The Labute approximate surface area is 106 Å². The molecule has 1 fully saturated rings. The van der Waals surface area contributed by atoms with Crippen LogP contribution in [-0.4, -0.2) is 43.5 Å². The first-order valence-corrected chi connectivity index (χ1v) is 5.98. The van der Waals surface area contributed by atoms with Crippen LogP contribution in [0.3, 0.4) is 0 Å². The molecule has 1 aliphatic rings. The van der Waals surface area contributed by atoms with E-state index in [0.29, 0.717) is 18.1 Å².